The van der Waals surface area contributed by atoms with Crippen LogP contribution in [0.4, 0.5) is 0 Å². The predicted molar refractivity (Wildman–Crippen MR) is 69.6 cm³/mol. The van der Waals surface area contributed by atoms with Crippen molar-refractivity contribution in [2.45, 2.75) is 6.92 Å². The Bertz CT molecular complexity index is 619. The molecule has 0 atom stereocenters. The average Bonchev–Trinajstić information content (AvgIpc) is 2.54. The van der Waals surface area contributed by atoms with Crippen LogP contribution in [0.1, 0.15) is 12.5 Å². The van der Waals surface area contributed by atoms with Crippen molar-refractivity contribution >= 4 is 23.9 Å². The maximum atomic E-state index is 4.23. The van der Waals surface area contributed by atoms with Crippen LogP contribution in [-0.2, 0) is 0 Å². The Kier molecular flexibility index (Phi) is 2.57. The van der Waals surface area contributed by atoms with Crippen LogP contribution in [0.3, 0.4) is 0 Å². The summed E-state index contributed by atoms with van der Waals surface area (Å²) in [4.78, 5) is 8.31. The fourth-order valence-corrected chi connectivity index (χ4v) is 2.15. The van der Waals surface area contributed by atoms with Gasteiger partial charge in [-0.05, 0) is 29.7 Å². The van der Waals surface area contributed by atoms with Crippen LogP contribution >= 0.6 is 0 Å². The van der Waals surface area contributed by atoms with Crippen molar-refractivity contribution in [2.75, 3.05) is 7.05 Å². The molecule has 1 aromatic rings. The van der Waals surface area contributed by atoms with Gasteiger partial charge in [0.1, 0.15) is 0 Å². The molecule has 2 rings (SSSR count). The zero-order chi connectivity index (χ0) is 11.7. The first-order valence-corrected chi connectivity index (χ1v) is 5.15. The molecule has 16 heavy (non-hydrogen) atoms. The fraction of sp³-hybridized carbons (Fsp3) is 0.143. The van der Waals surface area contributed by atoms with Crippen LogP contribution in [-0.4, -0.2) is 18.2 Å². The van der Waals surface area contributed by atoms with E-state index in [4.69, 9.17) is 0 Å². The van der Waals surface area contributed by atoms with E-state index in [0.717, 1.165) is 27.3 Å². The molecule has 0 amide bonds. The molecule has 0 N–H and O–H groups in total. The highest BCUT2D eigenvalue weighted by Gasteiger charge is 2.17. The summed E-state index contributed by atoms with van der Waals surface area (Å²) in [6, 6.07) is 2.00. The highest BCUT2D eigenvalue weighted by molar-refractivity contribution is 6.09. The molecule has 80 valence electrons. The number of pyridine rings is 1. The van der Waals surface area contributed by atoms with Gasteiger partial charge in [-0.1, -0.05) is 19.2 Å². The molecular weight excluding hydrogens is 196 g/mol. The molecule has 0 unspecified atom stereocenters. The quantitative estimate of drug-likeness (QED) is 0.676. The third-order valence-corrected chi connectivity index (χ3v) is 2.85. The number of fused-ring (bicyclic) bond motifs is 1. The number of hydrogen-bond acceptors (Lipinski definition) is 2. The summed E-state index contributed by atoms with van der Waals surface area (Å²) >= 11 is 0. The van der Waals surface area contributed by atoms with Gasteiger partial charge in [0.05, 0.1) is 5.35 Å². The second kappa shape index (κ2) is 3.89. The van der Waals surface area contributed by atoms with E-state index in [2.05, 4.69) is 30.1 Å². The van der Waals surface area contributed by atoms with Crippen LogP contribution in [0.15, 0.2) is 35.5 Å². The summed E-state index contributed by atoms with van der Waals surface area (Å²) in [6.07, 6.45) is 5.52. The standard InChI is InChI=1S/C14H14N2/c1-5-11-12-6-7-16-10(3)14(12)9(2)13(11)8-15-4/h5-8H,1,3H2,2,4H3/b15-8-. The van der Waals surface area contributed by atoms with Gasteiger partial charge in [0.25, 0.3) is 0 Å². The second-order valence-electron chi connectivity index (χ2n) is 3.72. The molecule has 0 aliphatic heterocycles. The van der Waals surface area contributed by atoms with Crippen molar-refractivity contribution in [3.8, 4) is 0 Å². The molecule has 1 heterocycles. The first-order valence-electron chi connectivity index (χ1n) is 5.15. The zero-order valence-electron chi connectivity index (χ0n) is 9.62. The van der Waals surface area contributed by atoms with Gasteiger partial charge in [0.2, 0.25) is 0 Å². The lowest BCUT2D eigenvalue weighted by Crippen LogP contribution is -2.29. The molecule has 2 nitrogen and oxygen atoms in total. The Labute approximate surface area is 95.1 Å². The molecule has 2 heteroatoms. The van der Waals surface area contributed by atoms with Gasteiger partial charge in [-0.3, -0.25) is 9.98 Å². The summed E-state index contributed by atoms with van der Waals surface area (Å²) < 4.78 is 0. The lowest BCUT2D eigenvalue weighted by Gasteiger charge is -1.99. The van der Waals surface area contributed by atoms with E-state index >= 15 is 0 Å². The van der Waals surface area contributed by atoms with Gasteiger partial charge in [0, 0.05) is 30.3 Å². The normalized spacial score (nSPS) is 14.8. The molecule has 0 saturated carbocycles. The second-order valence-corrected chi connectivity index (χ2v) is 3.72. The topological polar surface area (TPSA) is 25.2 Å². The van der Waals surface area contributed by atoms with E-state index in [0.29, 0.717) is 0 Å². The minimum atomic E-state index is 0.814. The summed E-state index contributed by atoms with van der Waals surface area (Å²) in [5.41, 5.74) is 4.56. The molecule has 0 bridgehead atoms. The van der Waals surface area contributed by atoms with Crippen LogP contribution in [0, 0.1) is 0 Å². The van der Waals surface area contributed by atoms with Crippen LogP contribution in [0.25, 0.3) is 17.7 Å². The number of aromatic nitrogens is 1. The smallest absolute Gasteiger partial charge is 0.0639 e. The van der Waals surface area contributed by atoms with Crippen molar-refractivity contribution < 1.29 is 0 Å². The van der Waals surface area contributed by atoms with E-state index in [9.17, 15) is 0 Å². The number of allylic oxidation sites excluding steroid dienone is 3. The Hall–Kier alpha value is -1.96. The number of rotatable bonds is 2. The maximum Gasteiger partial charge on any atom is 0.0639 e. The van der Waals surface area contributed by atoms with E-state index in [1.165, 1.54) is 5.57 Å². The lowest BCUT2D eigenvalue weighted by molar-refractivity contribution is 1.21. The van der Waals surface area contributed by atoms with Gasteiger partial charge in [-0.25, -0.2) is 0 Å². The SMILES string of the molecule is C=CC1=C(/C=N\C)C(C)=c2c1ccnc2=C. The Morgan fingerprint density at radius 1 is 1.38 bits per heavy atom. The van der Waals surface area contributed by atoms with Crippen LogP contribution < -0.4 is 10.6 Å². The molecular formula is C14H14N2. The van der Waals surface area contributed by atoms with E-state index < -0.39 is 0 Å². The Morgan fingerprint density at radius 3 is 2.75 bits per heavy atom. The first kappa shape index (κ1) is 10.6. The van der Waals surface area contributed by atoms with Gasteiger partial charge in [-0.2, -0.15) is 0 Å². The molecule has 0 saturated heterocycles. The Morgan fingerprint density at radius 2 is 2.12 bits per heavy atom. The van der Waals surface area contributed by atoms with E-state index in [-0.39, 0.29) is 0 Å². The van der Waals surface area contributed by atoms with Crippen molar-refractivity contribution in [3.05, 3.63) is 46.6 Å². The molecule has 1 aliphatic carbocycles. The van der Waals surface area contributed by atoms with Crippen LogP contribution in [0.2, 0.25) is 0 Å². The molecule has 0 fully saturated rings. The van der Waals surface area contributed by atoms with E-state index in [1.807, 2.05) is 18.4 Å². The first-order chi connectivity index (χ1) is 7.70. The summed E-state index contributed by atoms with van der Waals surface area (Å²) in [6.45, 7) is 9.91. The van der Waals surface area contributed by atoms with Gasteiger partial charge in [-0.15, -0.1) is 0 Å². The molecule has 0 radical (unpaired) electrons. The Balaban J connectivity index is 2.89. The van der Waals surface area contributed by atoms with Crippen LogP contribution in [0.5, 0.6) is 0 Å². The van der Waals surface area contributed by atoms with Crippen molar-refractivity contribution in [3.63, 3.8) is 0 Å². The molecule has 0 aromatic carbocycles. The maximum absolute atomic E-state index is 4.23. The summed E-state index contributed by atoms with van der Waals surface area (Å²) in [7, 11) is 1.77. The number of hydrogen-bond donors (Lipinski definition) is 0. The summed E-state index contributed by atoms with van der Waals surface area (Å²) in [5, 5.41) is 1.93. The van der Waals surface area contributed by atoms with Crippen molar-refractivity contribution in [2.24, 2.45) is 4.99 Å². The highest BCUT2D eigenvalue weighted by atomic mass is 14.6. The minimum absolute atomic E-state index is 0.814. The third-order valence-electron chi connectivity index (χ3n) is 2.85. The molecule has 1 aliphatic rings. The number of nitrogens with zero attached hydrogens (tertiary/aromatic N) is 2. The molecule has 1 aromatic heterocycles. The number of aliphatic imine (C=N–C) groups is 1. The largest absolute Gasteiger partial charge is 0.296 e. The zero-order valence-corrected chi connectivity index (χ0v) is 9.62. The van der Waals surface area contributed by atoms with E-state index in [1.54, 1.807) is 13.2 Å². The fourth-order valence-electron chi connectivity index (χ4n) is 2.15. The monoisotopic (exact) mass is 210 g/mol. The van der Waals surface area contributed by atoms with Crippen molar-refractivity contribution in [1.82, 2.24) is 4.98 Å². The third kappa shape index (κ3) is 1.34. The van der Waals surface area contributed by atoms with Crippen molar-refractivity contribution in [1.29, 1.82) is 0 Å². The average molecular weight is 210 g/mol. The summed E-state index contributed by atoms with van der Waals surface area (Å²) in [5.74, 6) is 0. The van der Waals surface area contributed by atoms with Gasteiger partial charge < -0.3 is 0 Å². The van der Waals surface area contributed by atoms with Gasteiger partial charge >= 0.3 is 0 Å². The lowest BCUT2D eigenvalue weighted by atomic mass is 10.1. The minimum Gasteiger partial charge on any atom is -0.296 e. The highest BCUT2D eigenvalue weighted by Crippen LogP contribution is 2.26. The predicted octanol–water partition coefficient (Wildman–Crippen LogP) is 1.32. The molecule has 0 spiro atoms. The van der Waals surface area contributed by atoms with Gasteiger partial charge in [0.15, 0.2) is 0 Å².